The van der Waals surface area contributed by atoms with Gasteiger partial charge in [0.15, 0.2) is 6.61 Å². The molecule has 8 heteroatoms. The fourth-order valence-electron chi connectivity index (χ4n) is 2.72. The van der Waals surface area contributed by atoms with Crippen LogP contribution in [0.3, 0.4) is 0 Å². The third-order valence-electron chi connectivity index (χ3n) is 4.17. The summed E-state index contributed by atoms with van der Waals surface area (Å²) >= 11 is 6.18. The number of benzene rings is 2. The number of aryl methyl sites for hydroxylation is 1. The first-order valence-electron chi connectivity index (χ1n) is 8.84. The summed E-state index contributed by atoms with van der Waals surface area (Å²) in [6, 6.07) is 14.2. The minimum atomic E-state index is -0.634. The van der Waals surface area contributed by atoms with Gasteiger partial charge in [0, 0.05) is 11.1 Å². The summed E-state index contributed by atoms with van der Waals surface area (Å²) in [5.74, 6) is -0.255. The SMILES string of the molecule is COc1ccc(C)cc1C(=O)OCC(=O)Nc1ccnn1Cc1ccccc1Cl. The lowest BCUT2D eigenvalue weighted by molar-refractivity contribution is -0.119. The molecule has 29 heavy (non-hydrogen) atoms. The van der Waals surface area contributed by atoms with Crippen LogP contribution in [0.25, 0.3) is 0 Å². The van der Waals surface area contributed by atoms with Crippen LogP contribution in [0.4, 0.5) is 5.82 Å². The van der Waals surface area contributed by atoms with E-state index in [1.54, 1.807) is 35.1 Å². The second-order valence-electron chi connectivity index (χ2n) is 6.29. The number of carbonyl (C=O) groups is 2. The number of aromatic nitrogens is 2. The number of rotatable bonds is 7. The number of anilines is 1. The molecule has 0 aliphatic rings. The largest absolute Gasteiger partial charge is 0.496 e. The third kappa shape index (κ3) is 5.14. The molecule has 0 radical (unpaired) electrons. The van der Waals surface area contributed by atoms with Gasteiger partial charge in [-0.05, 0) is 30.7 Å². The zero-order valence-electron chi connectivity index (χ0n) is 16.0. The third-order valence-corrected chi connectivity index (χ3v) is 4.54. The highest BCUT2D eigenvalue weighted by Gasteiger charge is 2.16. The number of nitrogens with one attached hydrogen (secondary N) is 1. The molecule has 1 aromatic heterocycles. The normalized spacial score (nSPS) is 10.4. The van der Waals surface area contributed by atoms with Crippen LogP contribution in [-0.2, 0) is 16.1 Å². The Morgan fingerprint density at radius 2 is 1.97 bits per heavy atom. The van der Waals surface area contributed by atoms with Crippen LogP contribution in [-0.4, -0.2) is 35.4 Å². The number of amides is 1. The van der Waals surface area contributed by atoms with Crippen LogP contribution in [0.15, 0.2) is 54.7 Å². The Morgan fingerprint density at radius 3 is 2.72 bits per heavy atom. The van der Waals surface area contributed by atoms with E-state index >= 15 is 0 Å². The van der Waals surface area contributed by atoms with Crippen LogP contribution >= 0.6 is 11.6 Å². The number of methoxy groups -OCH3 is 1. The lowest BCUT2D eigenvalue weighted by atomic mass is 10.1. The number of hydrogen-bond acceptors (Lipinski definition) is 5. The van der Waals surface area contributed by atoms with Gasteiger partial charge in [-0.15, -0.1) is 0 Å². The van der Waals surface area contributed by atoms with E-state index in [2.05, 4.69) is 10.4 Å². The fraction of sp³-hybridized carbons (Fsp3) is 0.190. The van der Waals surface area contributed by atoms with Crippen LogP contribution in [0, 0.1) is 6.92 Å². The molecule has 0 atom stereocenters. The molecule has 1 heterocycles. The van der Waals surface area contributed by atoms with Gasteiger partial charge in [-0.25, -0.2) is 9.48 Å². The molecule has 0 saturated carbocycles. The second-order valence-corrected chi connectivity index (χ2v) is 6.70. The van der Waals surface area contributed by atoms with Gasteiger partial charge in [0.25, 0.3) is 5.91 Å². The fourth-order valence-corrected chi connectivity index (χ4v) is 2.92. The Kier molecular flexibility index (Phi) is 6.51. The van der Waals surface area contributed by atoms with E-state index in [-0.39, 0.29) is 5.56 Å². The monoisotopic (exact) mass is 413 g/mol. The van der Waals surface area contributed by atoms with Crippen molar-refractivity contribution in [3.63, 3.8) is 0 Å². The van der Waals surface area contributed by atoms with Crippen LogP contribution in [0.2, 0.25) is 5.02 Å². The second kappa shape index (κ2) is 9.25. The zero-order valence-corrected chi connectivity index (χ0v) is 16.8. The maximum atomic E-state index is 12.3. The molecule has 150 valence electrons. The Balaban J connectivity index is 1.61. The Labute approximate surface area is 173 Å². The first kappa shape index (κ1) is 20.4. The molecule has 0 aliphatic heterocycles. The molecule has 0 spiro atoms. The van der Waals surface area contributed by atoms with Gasteiger partial charge < -0.3 is 14.8 Å². The van der Waals surface area contributed by atoms with Crippen LogP contribution in [0.1, 0.15) is 21.5 Å². The van der Waals surface area contributed by atoms with Crippen LogP contribution < -0.4 is 10.1 Å². The van der Waals surface area contributed by atoms with Gasteiger partial charge in [0.1, 0.15) is 17.1 Å². The Hall–Kier alpha value is -3.32. The average Bonchev–Trinajstić information content (AvgIpc) is 3.14. The quantitative estimate of drug-likeness (QED) is 0.597. The minimum Gasteiger partial charge on any atom is -0.496 e. The van der Waals surface area contributed by atoms with Crippen molar-refractivity contribution in [2.45, 2.75) is 13.5 Å². The first-order valence-corrected chi connectivity index (χ1v) is 9.22. The molecule has 3 rings (SSSR count). The van der Waals surface area contributed by atoms with E-state index in [1.807, 2.05) is 31.2 Å². The predicted octanol–water partition coefficient (Wildman–Crippen LogP) is 3.70. The van der Waals surface area contributed by atoms with Crippen molar-refractivity contribution in [3.8, 4) is 5.75 Å². The maximum absolute atomic E-state index is 12.3. The number of carbonyl (C=O) groups excluding carboxylic acids is 2. The smallest absolute Gasteiger partial charge is 0.342 e. The predicted molar refractivity (Wildman–Crippen MR) is 109 cm³/mol. The highest BCUT2D eigenvalue weighted by Crippen LogP contribution is 2.21. The van der Waals surface area contributed by atoms with Crippen molar-refractivity contribution < 1.29 is 19.1 Å². The van der Waals surface area contributed by atoms with E-state index in [0.717, 1.165) is 11.1 Å². The summed E-state index contributed by atoms with van der Waals surface area (Å²) in [4.78, 5) is 24.6. The summed E-state index contributed by atoms with van der Waals surface area (Å²) in [7, 11) is 1.47. The van der Waals surface area contributed by atoms with Crippen LogP contribution in [0.5, 0.6) is 5.75 Å². The van der Waals surface area contributed by atoms with E-state index in [4.69, 9.17) is 21.1 Å². The molecular formula is C21H20ClN3O4. The van der Waals surface area contributed by atoms with Crippen molar-refractivity contribution in [3.05, 3.63) is 76.4 Å². The molecule has 2 aromatic carbocycles. The van der Waals surface area contributed by atoms with Crippen molar-refractivity contribution in [1.29, 1.82) is 0 Å². The van der Waals surface area contributed by atoms with Crippen molar-refractivity contribution in [2.75, 3.05) is 19.0 Å². The number of hydrogen-bond donors (Lipinski definition) is 1. The standard InChI is InChI=1S/C21H20ClN3O4/c1-14-7-8-18(28-2)16(11-14)21(27)29-13-20(26)24-19-9-10-23-25(19)12-15-5-3-4-6-17(15)22/h3-11H,12-13H2,1-2H3,(H,24,26). The highest BCUT2D eigenvalue weighted by molar-refractivity contribution is 6.31. The lowest BCUT2D eigenvalue weighted by Crippen LogP contribution is -2.23. The van der Waals surface area contributed by atoms with Gasteiger partial charge in [-0.2, -0.15) is 5.10 Å². The molecule has 0 unspecified atom stereocenters. The first-order chi connectivity index (χ1) is 14.0. The molecule has 1 amide bonds. The number of ether oxygens (including phenoxy) is 2. The zero-order chi connectivity index (χ0) is 20.8. The number of esters is 1. The van der Waals surface area contributed by atoms with Gasteiger partial charge >= 0.3 is 5.97 Å². The molecular weight excluding hydrogens is 394 g/mol. The molecule has 7 nitrogen and oxygen atoms in total. The van der Waals surface area contributed by atoms with E-state index in [0.29, 0.717) is 23.1 Å². The van der Waals surface area contributed by atoms with Gasteiger partial charge in [0.05, 0.1) is 19.9 Å². The summed E-state index contributed by atoms with van der Waals surface area (Å²) in [6.07, 6.45) is 1.57. The molecule has 0 bridgehead atoms. The topological polar surface area (TPSA) is 82.4 Å². The van der Waals surface area contributed by atoms with Crippen molar-refractivity contribution in [2.24, 2.45) is 0 Å². The van der Waals surface area contributed by atoms with Crippen molar-refractivity contribution >= 4 is 29.3 Å². The molecule has 0 aliphatic carbocycles. The minimum absolute atomic E-state index is 0.268. The molecule has 0 saturated heterocycles. The maximum Gasteiger partial charge on any atom is 0.342 e. The van der Waals surface area contributed by atoms with E-state index in [9.17, 15) is 9.59 Å². The van der Waals surface area contributed by atoms with Gasteiger partial charge in [-0.3, -0.25) is 4.79 Å². The molecule has 1 N–H and O–H groups in total. The highest BCUT2D eigenvalue weighted by atomic mass is 35.5. The number of halogens is 1. The van der Waals surface area contributed by atoms with E-state index < -0.39 is 18.5 Å². The molecule has 3 aromatic rings. The summed E-state index contributed by atoms with van der Waals surface area (Å²) in [6.45, 7) is 1.80. The summed E-state index contributed by atoms with van der Waals surface area (Å²) in [5, 5.41) is 7.50. The Morgan fingerprint density at radius 1 is 1.17 bits per heavy atom. The molecule has 0 fully saturated rings. The van der Waals surface area contributed by atoms with Crippen molar-refractivity contribution in [1.82, 2.24) is 9.78 Å². The van der Waals surface area contributed by atoms with E-state index in [1.165, 1.54) is 7.11 Å². The Bertz CT molecular complexity index is 1030. The summed E-state index contributed by atoms with van der Waals surface area (Å²) < 4.78 is 11.9. The van der Waals surface area contributed by atoms with Gasteiger partial charge in [0.2, 0.25) is 0 Å². The summed E-state index contributed by atoms with van der Waals surface area (Å²) in [5.41, 5.74) is 2.01. The number of nitrogens with zero attached hydrogens (tertiary/aromatic N) is 2. The average molecular weight is 414 g/mol. The van der Waals surface area contributed by atoms with Gasteiger partial charge in [-0.1, -0.05) is 41.4 Å². The lowest BCUT2D eigenvalue weighted by Gasteiger charge is -2.11.